The minimum Gasteiger partial charge on any atom is -0.335 e. The molecule has 6 nitrogen and oxygen atoms in total. The maximum Gasteiger partial charge on any atom is 0.274 e. The zero-order chi connectivity index (χ0) is 17.6. The van der Waals surface area contributed by atoms with Crippen molar-refractivity contribution in [1.82, 2.24) is 20.0 Å². The zero-order valence-corrected chi connectivity index (χ0v) is 14.3. The molecule has 1 unspecified atom stereocenters. The third-order valence-corrected chi connectivity index (χ3v) is 4.53. The predicted molar refractivity (Wildman–Crippen MR) is 93.6 cm³/mol. The van der Waals surface area contributed by atoms with E-state index in [1.54, 1.807) is 23.2 Å². The fourth-order valence-corrected chi connectivity index (χ4v) is 3.13. The minimum absolute atomic E-state index is 0.00386. The number of aromatic nitrogens is 2. The number of hydrogen-bond donors (Lipinski definition) is 0. The van der Waals surface area contributed by atoms with Crippen LogP contribution in [0.1, 0.15) is 35.8 Å². The van der Waals surface area contributed by atoms with Crippen LogP contribution in [0.15, 0.2) is 48.7 Å². The molecular weight excluding hydrogens is 316 g/mol. The second-order valence-electron chi connectivity index (χ2n) is 6.18. The Morgan fingerprint density at radius 2 is 2.00 bits per heavy atom. The van der Waals surface area contributed by atoms with Gasteiger partial charge in [0.2, 0.25) is 5.91 Å². The normalized spacial score (nSPS) is 18.1. The number of amides is 2. The maximum atomic E-state index is 12.7. The van der Waals surface area contributed by atoms with Crippen molar-refractivity contribution in [2.24, 2.45) is 0 Å². The van der Waals surface area contributed by atoms with E-state index in [9.17, 15) is 9.59 Å². The number of benzene rings is 1. The second kappa shape index (κ2) is 7.88. The van der Waals surface area contributed by atoms with Crippen LogP contribution in [-0.4, -0.2) is 50.9 Å². The fourth-order valence-electron chi connectivity index (χ4n) is 3.13. The van der Waals surface area contributed by atoms with Gasteiger partial charge in [-0.2, -0.15) is 5.10 Å². The molecule has 0 radical (unpaired) electrons. The van der Waals surface area contributed by atoms with Crippen LogP contribution in [-0.2, 0) is 11.3 Å². The van der Waals surface area contributed by atoms with Crippen molar-refractivity contribution in [3.8, 4) is 0 Å². The molecule has 1 aliphatic rings. The van der Waals surface area contributed by atoms with Crippen molar-refractivity contribution in [2.75, 3.05) is 13.1 Å². The van der Waals surface area contributed by atoms with Gasteiger partial charge >= 0.3 is 0 Å². The highest BCUT2D eigenvalue weighted by Crippen LogP contribution is 2.18. The Hall–Kier alpha value is -2.76. The van der Waals surface area contributed by atoms with Gasteiger partial charge < -0.3 is 9.80 Å². The summed E-state index contributed by atoms with van der Waals surface area (Å²) in [5.41, 5.74) is 1.42. The van der Waals surface area contributed by atoms with E-state index >= 15 is 0 Å². The highest BCUT2D eigenvalue weighted by atomic mass is 16.2. The quantitative estimate of drug-likeness (QED) is 0.856. The van der Waals surface area contributed by atoms with E-state index in [0.29, 0.717) is 31.7 Å². The number of nitrogens with zero attached hydrogens (tertiary/aromatic N) is 4. The number of hydrogen-bond acceptors (Lipinski definition) is 4. The first-order valence-electron chi connectivity index (χ1n) is 8.59. The summed E-state index contributed by atoms with van der Waals surface area (Å²) in [4.78, 5) is 29.0. The molecule has 2 aromatic rings. The Morgan fingerprint density at radius 1 is 1.20 bits per heavy atom. The summed E-state index contributed by atoms with van der Waals surface area (Å²) in [6.45, 7) is 3.55. The SMILES string of the molecule is CCC1CN(C(=O)c2cccnn2)CCC(=O)N1Cc1ccccc1. The molecule has 1 saturated heterocycles. The molecule has 0 aliphatic carbocycles. The summed E-state index contributed by atoms with van der Waals surface area (Å²) >= 11 is 0. The summed E-state index contributed by atoms with van der Waals surface area (Å²) in [6.07, 6.45) is 2.66. The molecule has 1 aromatic heterocycles. The van der Waals surface area contributed by atoms with E-state index in [2.05, 4.69) is 10.2 Å². The summed E-state index contributed by atoms with van der Waals surface area (Å²) in [5, 5.41) is 7.68. The maximum absolute atomic E-state index is 12.7. The van der Waals surface area contributed by atoms with E-state index in [1.807, 2.05) is 42.2 Å². The monoisotopic (exact) mass is 338 g/mol. The Morgan fingerprint density at radius 3 is 2.68 bits per heavy atom. The van der Waals surface area contributed by atoms with E-state index in [4.69, 9.17) is 0 Å². The topological polar surface area (TPSA) is 66.4 Å². The Balaban J connectivity index is 1.77. The summed E-state index contributed by atoms with van der Waals surface area (Å²) in [6, 6.07) is 13.3. The summed E-state index contributed by atoms with van der Waals surface area (Å²) in [7, 11) is 0. The van der Waals surface area contributed by atoms with Gasteiger partial charge in [0.25, 0.3) is 5.91 Å². The predicted octanol–water partition coefficient (Wildman–Crippen LogP) is 2.13. The smallest absolute Gasteiger partial charge is 0.274 e. The summed E-state index contributed by atoms with van der Waals surface area (Å²) < 4.78 is 0. The van der Waals surface area contributed by atoms with E-state index in [-0.39, 0.29) is 17.9 Å². The molecule has 1 fully saturated rings. The van der Waals surface area contributed by atoms with Gasteiger partial charge in [-0.15, -0.1) is 5.10 Å². The molecular formula is C19H22N4O2. The number of carbonyl (C=O) groups is 2. The van der Waals surface area contributed by atoms with E-state index in [1.165, 1.54) is 0 Å². The molecule has 0 spiro atoms. The van der Waals surface area contributed by atoms with Gasteiger partial charge in [-0.25, -0.2) is 0 Å². The standard InChI is InChI=1S/C19H22N4O2/c1-2-16-14-22(19(25)17-9-6-11-20-21-17)12-10-18(24)23(16)13-15-7-4-3-5-8-15/h3-9,11,16H,2,10,12-14H2,1H3. The molecule has 0 N–H and O–H groups in total. The van der Waals surface area contributed by atoms with Crippen molar-refractivity contribution in [1.29, 1.82) is 0 Å². The number of rotatable bonds is 4. The van der Waals surface area contributed by atoms with E-state index < -0.39 is 0 Å². The molecule has 2 heterocycles. The fraction of sp³-hybridized carbons (Fsp3) is 0.368. The third kappa shape index (κ3) is 4.02. The van der Waals surface area contributed by atoms with E-state index in [0.717, 1.165) is 12.0 Å². The molecule has 6 heteroatoms. The lowest BCUT2D eigenvalue weighted by Gasteiger charge is -2.31. The van der Waals surface area contributed by atoms with Crippen LogP contribution in [0.5, 0.6) is 0 Å². The van der Waals surface area contributed by atoms with Gasteiger partial charge in [-0.05, 0) is 24.1 Å². The Labute approximate surface area is 147 Å². The zero-order valence-electron chi connectivity index (χ0n) is 14.3. The molecule has 2 amide bonds. The van der Waals surface area contributed by atoms with Gasteiger partial charge in [-0.1, -0.05) is 37.3 Å². The van der Waals surface area contributed by atoms with Crippen LogP contribution < -0.4 is 0 Å². The van der Waals surface area contributed by atoms with Crippen molar-refractivity contribution < 1.29 is 9.59 Å². The summed E-state index contributed by atoms with van der Waals surface area (Å²) in [5.74, 6) is -0.0777. The molecule has 130 valence electrons. The first-order valence-corrected chi connectivity index (χ1v) is 8.59. The molecule has 25 heavy (non-hydrogen) atoms. The van der Waals surface area contributed by atoms with Gasteiger partial charge in [0.15, 0.2) is 5.69 Å². The van der Waals surface area contributed by atoms with Gasteiger partial charge in [-0.3, -0.25) is 9.59 Å². The van der Waals surface area contributed by atoms with Crippen LogP contribution >= 0.6 is 0 Å². The largest absolute Gasteiger partial charge is 0.335 e. The Kier molecular flexibility index (Phi) is 5.38. The van der Waals surface area contributed by atoms with Crippen molar-refractivity contribution in [3.05, 3.63) is 59.9 Å². The third-order valence-electron chi connectivity index (χ3n) is 4.53. The van der Waals surface area contributed by atoms with Crippen LogP contribution in [0.25, 0.3) is 0 Å². The Bertz CT molecular complexity index is 721. The average molecular weight is 338 g/mol. The van der Waals surface area contributed by atoms with Crippen molar-refractivity contribution in [3.63, 3.8) is 0 Å². The molecule has 0 saturated carbocycles. The number of carbonyl (C=O) groups excluding carboxylic acids is 2. The van der Waals surface area contributed by atoms with Gasteiger partial charge in [0.05, 0.1) is 0 Å². The van der Waals surface area contributed by atoms with Crippen LogP contribution in [0.4, 0.5) is 0 Å². The molecule has 1 aliphatic heterocycles. The highest BCUT2D eigenvalue weighted by molar-refractivity contribution is 5.92. The van der Waals surface area contributed by atoms with Crippen LogP contribution in [0.3, 0.4) is 0 Å². The van der Waals surface area contributed by atoms with Crippen LogP contribution in [0, 0.1) is 0 Å². The van der Waals surface area contributed by atoms with Crippen LogP contribution in [0.2, 0.25) is 0 Å². The van der Waals surface area contributed by atoms with Gasteiger partial charge in [0.1, 0.15) is 0 Å². The minimum atomic E-state index is -0.166. The molecule has 0 bridgehead atoms. The second-order valence-corrected chi connectivity index (χ2v) is 6.18. The molecule has 3 rings (SSSR count). The first kappa shape index (κ1) is 17.1. The lowest BCUT2D eigenvalue weighted by atomic mass is 10.1. The van der Waals surface area contributed by atoms with Crippen molar-refractivity contribution in [2.45, 2.75) is 32.4 Å². The highest BCUT2D eigenvalue weighted by Gasteiger charge is 2.31. The molecule has 1 aromatic carbocycles. The average Bonchev–Trinajstić information content (AvgIpc) is 2.82. The molecule has 1 atom stereocenters. The van der Waals surface area contributed by atoms with Crippen molar-refractivity contribution >= 4 is 11.8 Å². The lowest BCUT2D eigenvalue weighted by Crippen LogP contribution is -2.44. The van der Waals surface area contributed by atoms with Gasteiger partial charge in [0, 0.05) is 38.3 Å². The lowest BCUT2D eigenvalue weighted by molar-refractivity contribution is -0.133. The first-order chi connectivity index (χ1) is 12.2.